The van der Waals surface area contributed by atoms with Gasteiger partial charge in [-0.15, -0.1) is 0 Å². The topological polar surface area (TPSA) is 39.1 Å². The van der Waals surface area contributed by atoms with Gasteiger partial charge in [0.25, 0.3) is 0 Å². The average Bonchev–Trinajstić information content (AvgIpc) is 3.19. The fraction of sp³-hybridized carbons (Fsp3) is 0.500. The van der Waals surface area contributed by atoms with Gasteiger partial charge in [-0.2, -0.15) is 5.26 Å². The molecule has 1 aromatic rings. The van der Waals surface area contributed by atoms with E-state index in [0.29, 0.717) is 6.04 Å². The van der Waals surface area contributed by atoms with Gasteiger partial charge in [-0.25, -0.2) is 0 Å². The molecular weight excluding hydrogens is 210 g/mol. The molecule has 17 heavy (non-hydrogen) atoms. The van der Waals surface area contributed by atoms with Crippen LogP contribution in [0.15, 0.2) is 18.2 Å². The minimum Gasteiger partial charge on any atom is -0.374 e. The van der Waals surface area contributed by atoms with Crippen LogP contribution in [-0.4, -0.2) is 19.6 Å². The summed E-state index contributed by atoms with van der Waals surface area (Å²) in [7, 11) is 2.01. The first-order chi connectivity index (χ1) is 8.24. The van der Waals surface area contributed by atoms with Crippen molar-refractivity contribution in [3.63, 3.8) is 0 Å². The van der Waals surface area contributed by atoms with Gasteiger partial charge in [0.1, 0.15) is 6.07 Å². The molecule has 1 aliphatic rings. The molecule has 0 radical (unpaired) electrons. The number of anilines is 1. The molecular formula is C14H19N3. The lowest BCUT2D eigenvalue weighted by Crippen LogP contribution is -2.18. The minimum absolute atomic E-state index is 0.707. The molecule has 0 aromatic heterocycles. The Hall–Kier alpha value is -1.53. The van der Waals surface area contributed by atoms with Crippen LogP contribution in [-0.2, 0) is 6.54 Å². The summed E-state index contributed by atoms with van der Waals surface area (Å²) < 4.78 is 0. The highest BCUT2D eigenvalue weighted by Crippen LogP contribution is 2.22. The SMILES string of the molecule is CCN(C)c1ccc(CNC2CC2)cc1C#N. The van der Waals surface area contributed by atoms with Crippen LogP contribution in [0.3, 0.4) is 0 Å². The van der Waals surface area contributed by atoms with Gasteiger partial charge in [0, 0.05) is 26.2 Å². The lowest BCUT2D eigenvalue weighted by atomic mass is 10.1. The van der Waals surface area contributed by atoms with Crippen molar-refractivity contribution in [2.75, 3.05) is 18.5 Å². The molecule has 0 unspecified atom stereocenters. The van der Waals surface area contributed by atoms with Crippen molar-refractivity contribution < 1.29 is 0 Å². The standard InChI is InChI=1S/C14H19N3/c1-3-17(2)14-7-4-11(8-12(14)9-15)10-16-13-5-6-13/h4,7-8,13,16H,3,5-6,10H2,1-2H3. The monoisotopic (exact) mass is 229 g/mol. The van der Waals surface area contributed by atoms with E-state index in [1.807, 2.05) is 19.2 Å². The summed E-state index contributed by atoms with van der Waals surface area (Å²) in [6.07, 6.45) is 2.59. The van der Waals surface area contributed by atoms with E-state index in [2.05, 4.69) is 29.3 Å². The molecule has 3 heteroatoms. The van der Waals surface area contributed by atoms with Gasteiger partial charge in [-0.05, 0) is 37.5 Å². The maximum Gasteiger partial charge on any atom is 0.101 e. The van der Waals surface area contributed by atoms with Crippen molar-refractivity contribution in [1.29, 1.82) is 5.26 Å². The molecule has 0 saturated heterocycles. The second kappa shape index (κ2) is 5.20. The normalized spacial score (nSPS) is 14.4. The Morgan fingerprint density at radius 3 is 2.82 bits per heavy atom. The second-order valence-electron chi connectivity index (χ2n) is 4.63. The summed E-state index contributed by atoms with van der Waals surface area (Å²) >= 11 is 0. The van der Waals surface area contributed by atoms with Crippen molar-refractivity contribution >= 4 is 5.69 Å². The van der Waals surface area contributed by atoms with Crippen LogP contribution < -0.4 is 10.2 Å². The zero-order valence-corrected chi connectivity index (χ0v) is 10.5. The van der Waals surface area contributed by atoms with E-state index in [9.17, 15) is 5.26 Å². The fourth-order valence-corrected chi connectivity index (χ4v) is 1.84. The van der Waals surface area contributed by atoms with Gasteiger partial charge in [-0.3, -0.25) is 0 Å². The molecule has 90 valence electrons. The molecule has 0 spiro atoms. The van der Waals surface area contributed by atoms with Crippen LogP contribution in [0, 0.1) is 11.3 Å². The number of benzene rings is 1. The summed E-state index contributed by atoms with van der Waals surface area (Å²) in [5, 5.41) is 12.6. The molecule has 0 aliphatic heterocycles. The third-order valence-corrected chi connectivity index (χ3v) is 3.24. The van der Waals surface area contributed by atoms with Crippen LogP contribution in [0.1, 0.15) is 30.9 Å². The molecule has 0 atom stereocenters. The van der Waals surface area contributed by atoms with E-state index in [-0.39, 0.29) is 0 Å². The fourth-order valence-electron chi connectivity index (χ4n) is 1.84. The van der Waals surface area contributed by atoms with Crippen LogP contribution in [0.4, 0.5) is 5.69 Å². The summed E-state index contributed by atoms with van der Waals surface area (Å²) in [6.45, 7) is 3.87. The smallest absolute Gasteiger partial charge is 0.101 e. The predicted molar refractivity (Wildman–Crippen MR) is 70.0 cm³/mol. The zero-order valence-electron chi connectivity index (χ0n) is 10.5. The molecule has 0 heterocycles. The highest BCUT2D eigenvalue weighted by Gasteiger charge is 2.20. The van der Waals surface area contributed by atoms with Crippen molar-refractivity contribution in [2.45, 2.75) is 32.4 Å². The van der Waals surface area contributed by atoms with E-state index >= 15 is 0 Å². The summed E-state index contributed by atoms with van der Waals surface area (Å²) in [4.78, 5) is 2.09. The van der Waals surface area contributed by atoms with Gasteiger partial charge in [0.2, 0.25) is 0 Å². The number of nitrogens with zero attached hydrogens (tertiary/aromatic N) is 2. The number of hydrogen-bond donors (Lipinski definition) is 1. The Labute approximate surface area is 103 Å². The maximum atomic E-state index is 9.18. The van der Waals surface area contributed by atoms with Crippen LogP contribution in [0.5, 0.6) is 0 Å². The van der Waals surface area contributed by atoms with E-state index in [0.717, 1.165) is 24.3 Å². The van der Waals surface area contributed by atoms with Gasteiger partial charge >= 0.3 is 0 Å². The first-order valence-corrected chi connectivity index (χ1v) is 6.22. The lowest BCUT2D eigenvalue weighted by molar-refractivity contribution is 0.687. The van der Waals surface area contributed by atoms with Gasteiger partial charge in [-0.1, -0.05) is 6.07 Å². The molecule has 1 saturated carbocycles. The van der Waals surface area contributed by atoms with Gasteiger partial charge in [0.15, 0.2) is 0 Å². The Morgan fingerprint density at radius 2 is 2.24 bits per heavy atom. The van der Waals surface area contributed by atoms with E-state index in [1.54, 1.807) is 0 Å². The Balaban J connectivity index is 2.12. The Morgan fingerprint density at radius 1 is 1.47 bits per heavy atom. The molecule has 2 rings (SSSR count). The first-order valence-electron chi connectivity index (χ1n) is 6.22. The van der Waals surface area contributed by atoms with Gasteiger partial charge < -0.3 is 10.2 Å². The maximum absolute atomic E-state index is 9.18. The molecule has 0 amide bonds. The molecule has 3 nitrogen and oxygen atoms in total. The minimum atomic E-state index is 0.707. The highest BCUT2D eigenvalue weighted by atomic mass is 15.1. The number of rotatable bonds is 5. The third kappa shape index (κ3) is 2.98. The summed E-state index contributed by atoms with van der Waals surface area (Å²) in [5.74, 6) is 0. The predicted octanol–water partition coefficient (Wildman–Crippen LogP) is 2.27. The average molecular weight is 229 g/mol. The number of nitrogens with one attached hydrogen (secondary N) is 1. The van der Waals surface area contributed by atoms with E-state index in [1.165, 1.54) is 18.4 Å². The summed E-state index contributed by atoms with van der Waals surface area (Å²) in [6, 6.07) is 9.15. The zero-order chi connectivity index (χ0) is 12.3. The third-order valence-electron chi connectivity index (χ3n) is 3.24. The second-order valence-corrected chi connectivity index (χ2v) is 4.63. The van der Waals surface area contributed by atoms with Crippen molar-refractivity contribution in [2.24, 2.45) is 0 Å². The van der Waals surface area contributed by atoms with Crippen molar-refractivity contribution in [1.82, 2.24) is 5.32 Å². The van der Waals surface area contributed by atoms with E-state index in [4.69, 9.17) is 0 Å². The number of nitriles is 1. The highest BCUT2D eigenvalue weighted by molar-refractivity contribution is 5.60. The van der Waals surface area contributed by atoms with Crippen molar-refractivity contribution in [3.8, 4) is 6.07 Å². The molecule has 0 bridgehead atoms. The first kappa shape index (κ1) is 11.9. The Bertz CT molecular complexity index is 430. The summed E-state index contributed by atoms with van der Waals surface area (Å²) in [5.41, 5.74) is 2.98. The van der Waals surface area contributed by atoms with Crippen LogP contribution in [0.2, 0.25) is 0 Å². The van der Waals surface area contributed by atoms with Crippen molar-refractivity contribution in [3.05, 3.63) is 29.3 Å². The van der Waals surface area contributed by atoms with Crippen LogP contribution in [0.25, 0.3) is 0 Å². The molecule has 1 aliphatic carbocycles. The molecule has 1 aromatic carbocycles. The quantitative estimate of drug-likeness (QED) is 0.841. The van der Waals surface area contributed by atoms with Gasteiger partial charge in [0.05, 0.1) is 11.3 Å². The number of hydrogen-bond acceptors (Lipinski definition) is 3. The molecule has 1 fully saturated rings. The largest absolute Gasteiger partial charge is 0.374 e. The van der Waals surface area contributed by atoms with Crippen LogP contribution >= 0.6 is 0 Å². The Kier molecular flexibility index (Phi) is 3.65. The molecule has 1 N–H and O–H groups in total. The van der Waals surface area contributed by atoms with E-state index < -0.39 is 0 Å². The lowest BCUT2D eigenvalue weighted by Gasteiger charge is -2.18.